The first-order valence-corrected chi connectivity index (χ1v) is 10.9. The van der Waals surface area contributed by atoms with Gasteiger partial charge in [-0.25, -0.2) is 0 Å². The van der Waals surface area contributed by atoms with Crippen LogP contribution in [0.1, 0.15) is 37.7 Å². The molecule has 4 rings (SSSR count). The van der Waals surface area contributed by atoms with Crippen LogP contribution in [0, 0.1) is 0 Å². The normalized spacial score (nSPS) is 22.7. The molecule has 2 fully saturated rings. The van der Waals surface area contributed by atoms with Gasteiger partial charge in [0.15, 0.2) is 17.5 Å². The fourth-order valence-electron chi connectivity index (χ4n) is 4.16. The molecule has 3 heterocycles. The summed E-state index contributed by atoms with van der Waals surface area (Å²) < 4.78 is 22.7. The van der Waals surface area contributed by atoms with Crippen LogP contribution in [0.15, 0.2) is 23.2 Å². The second kappa shape index (κ2) is 10.2. The highest BCUT2D eigenvalue weighted by Crippen LogP contribution is 2.32. The van der Waals surface area contributed by atoms with Gasteiger partial charge in [-0.3, -0.25) is 4.99 Å². The molecule has 0 aliphatic carbocycles. The molecule has 0 radical (unpaired) electrons. The molecule has 0 aromatic heterocycles. The Balaban J connectivity index is 1.16. The van der Waals surface area contributed by atoms with Gasteiger partial charge in [0.05, 0.1) is 18.8 Å². The molecule has 1 aromatic rings. The minimum absolute atomic E-state index is 0.299. The van der Waals surface area contributed by atoms with E-state index in [1.54, 1.807) is 0 Å². The molecule has 7 heteroatoms. The monoisotopic (exact) mass is 403 g/mol. The van der Waals surface area contributed by atoms with Crippen LogP contribution in [0.25, 0.3) is 0 Å². The van der Waals surface area contributed by atoms with E-state index >= 15 is 0 Å². The molecule has 3 aliphatic rings. The van der Waals surface area contributed by atoms with Gasteiger partial charge in [0.2, 0.25) is 6.79 Å². The minimum Gasteiger partial charge on any atom is -0.454 e. The Hall–Kier alpha value is -1.99. The number of hydrogen-bond acceptors (Lipinski definition) is 5. The third-order valence-corrected chi connectivity index (χ3v) is 5.88. The molecule has 160 valence electrons. The Morgan fingerprint density at radius 3 is 2.83 bits per heavy atom. The van der Waals surface area contributed by atoms with E-state index < -0.39 is 0 Å². The van der Waals surface area contributed by atoms with Crippen molar-refractivity contribution in [3.8, 4) is 11.5 Å². The second-order valence-corrected chi connectivity index (χ2v) is 7.92. The maximum atomic E-state index is 6.13. The van der Waals surface area contributed by atoms with Gasteiger partial charge in [-0.1, -0.05) is 6.07 Å². The van der Waals surface area contributed by atoms with Crippen molar-refractivity contribution < 1.29 is 18.9 Å². The highest BCUT2D eigenvalue weighted by atomic mass is 16.7. The Labute approximate surface area is 173 Å². The smallest absolute Gasteiger partial charge is 0.231 e. The molecule has 3 aliphatic heterocycles. The van der Waals surface area contributed by atoms with E-state index in [9.17, 15) is 0 Å². The first-order valence-electron chi connectivity index (χ1n) is 10.9. The first-order chi connectivity index (χ1) is 14.3. The van der Waals surface area contributed by atoms with Crippen molar-refractivity contribution in [2.45, 2.75) is 50.7 Å². The maximum Gasteiger partial charge on any atom is 0.231 e. The number of piperidine rings is 1. The lowest BCUT2D eigenvalue weighted by molar-refractivity contribution is -0.0721. The summed E-state index contributed by atoms with van der Waals surface area (Å²) in [7, 11) is 1.85. The molecular formula is C22H33N3O4. The van der Waals surface area contributed by atoms with Crippen molar-refractivity contribution in [3.05, 3.63) is 23.8 Å². The zero-order valence-electron chi connectivity index (χ0n) is 17.4. The zero-order valence-corrected chi connectivity index (χ0v) is 17.4. The Morgan fingerprint density at radius 1 is 1.17 bits per heavy atom. The fourth-order valence-corrected chi connectivity index (χ4v) is 4.16. The number of benzene rings is 1. The minimum atomic E-state index is 0.299. The second-order valence-electron chi connectivity index (χ2n) is 7.92. The van der Waals surface area contributed by atoms with Crippen LogP contribution in [0.5, 0.6) is 11.5 Å². The molecule has 1 atom stereocenters. The van der Waals surface area contributed by atoms with Crippen molar-refractivity contribution in [2.24, 2.45) is 4.99 Å². The Morgan fingerprint density at radius 2 is 2.03 bits per heavy atom. The van der Waals surface area contributed by atoms with E-state index in [0.717, 1.165) is 76.0 Å². The number of likely N-dealkylation sites (tertiary alicyclic amines) is 1. The Kier molecular flexibility index (Phi) is 7.11. The summed E-state index contributed by atoms with van der Waals surface area (Å²) in [6.07, 6.45) is 7.22. The number of nitrogens with zero attached hydrogens (tertiary/aromatic N) is 2. The van der Waals surface area contributed by atoms with Crippen molar-refractivity contribution in [2.75, 3.05) is 46.7 Å². The van der Waals surface area contributed by atoms with E-state index in [2.05, 4.69) is 27.3 Å². The molecule has 1 aromatic carbocycles. The summed E-state index contributed by atoms with van der Waals surface area (Å²) in [6, 6.07) is 6.14. The van der Waals surface area contributed by atoms with E-state index in [4.69, 9.17) is 18.9 Å². The number of ether oxygens (including phenoxy) is 4. The lowest BCUT2D eigenvalue weighted by Crippen LogP contribution is -2.47. The molecule has 29 heavy (non-hydrogen) atoms. The average Bonchev–Trinajstić information content (AvgIpc) is 3.24. The van der Waals surface area contributed by atoms with Crippen LogP contribution in [-0.2, 0) is 15.9 Å². The van der Waals surface area contributed by atoms with Crippen LogP contribution < -0.4 is 14.8 Å². The Bertz CT molecular complexity index is 683. The summed E-state index contributed by atoms with van der Waals surface area (Å²) in [5, 5.41) is 3.50. The molecule has 0 spiro atoms. The number of aliphatic imine (C=N–C) groups is 1. The van der Waals surface area contributed by atoms with Gasteiger partial charge in [-0.2, -0.15) is 0 Å². The molecule has 7 nitrogen and oxygen atoms in total. The number of fused-ring (bicyclic) bond motifs is 1. The van der Waals surface area contributed by atoms with Crippen LogP contribution >= 0.6 is 0 Å². The van der Waals surface area contributed by atoms with Crippen LogP contribution in [-0.4, -0.2) is 69.8 Å². The molecule has 0 bridgehead atoms. The summed E-state index contributed by atoms with van der Waals surface area (Å²) >= 11 is 0. The SMILES string of the molecule is CN=C(NCCc1ccc2c(c1)OCO2)N1CCC(OCC2CCCCO2)CC1. The molecule has 0 saturated carbocycles. The van der Waals surface area contributed by atoms with Crippen molar-refractivity contribution in [1.82, 2.24) is 10.2 Å². The van der Waals surface area contributed by atoms with Crippen molar-refractivity contribution >= 4 is 5.96 Å². The van der Waals surface area contributed by atoms with Gasteiger partial charge in [-0.05, 0) is 56.2 Å². The summed E-state index contributed by atoms with van der Waals surface area (Å²) in [4.78, 5) is 6.80. The van der Waals surface area contributed by atoms with Gasteiger partial charge < -0.3 is 29.2 Å². The molecule has 1 N–H and O–H groups in total. The number of hydrogen-bond donors (Lipinski definition) is 1. The van der Waals surface area contributed by atoms with E-state index in [-0.39, 0.29) is 0 Å². The van der Waals surface area contributed by atoms with Gasteiger partial charge in [0.1, 0.15) is 0 Å². The number of rotatable bonds is 6. The van der Waals surface area contributed by atoms with Crippen molar-refractivity contribution in [1.29, 1.82) is 0 Å². The predicted octanol–water partition coefficient (Wildman–Crippen LogP) is 2.58. The third-order valence-electron chi connectivity index (χ3n) is 5.88. The quantitative estimate of drug-likeness (QED) is 0.582. The van der Waals surface area contributed by atoms with Gasteiger partial charge >= 0.3 is 0 Å². The van der Waals surface area contributed by atoms with Crippen LogP contribution in [0.4, 0.5) is 0 Å². The summed E-state index contributed by atoms with van der Waals surface area (Å²) in [5.74, 6) is 2.64. The lowest BCUT2D eigenvalue weighted by Gasteiger charge is -2.35. The molecule has 2 saturated heterocycles. The summed E-state index contributed by atoms with van der Waals surface area (Å²) in [5.41, 5.74) is 1.23. The van der Waals surface area contributed by atoms with E-state index in [1.807, 2.05) is 13.1 Å². The van der Waals surface area contributed by atoms with Gasteiger partial charge in [-0.15, -0.1) is 0 Å². The topological polar surface area (TPSA) is 64.6 Å². The maximum absolute atomic E-state index is 6.13. The largest absolute Gasteiger partial charge is 0.454 e. The summed E-state index contributed by atoms with van der Waals surface area (Å²) in [6.45, 7) is 4.73. The number of guanidine groups is 1. The van der Waals surface area contributed by atoms with E-state index in [1.165, 1.54) is 18.4 Å². The third kappa shape index (κ3) is 5.54. The van der Waals surface area contributed by atoms with Gasteiger partial charge in [0, 0.05) is 33.3 Å². The fraction of sp³-hybridized carbons (Fsp3) is 0.682. The lowest BCUT2D eigenvalue weighted by atomic mass is 10.1. The average molecular weight is 404 g/mol. The van der Waals surface area contributed by atoms with Crippen LogP contribution in [0.3, 0.4) is 0 Å². The highest BCUT2D eigenvalue weighted by Gasteiger charge is 2.23. The first kappa shape index (κ1) is 20.3. The number of nitrogens with one attached hydrogen (secondary N) is 1. The van der Waals surface area contributed by atoms with Crippen LogP contribution in [0.2, 0.25) is 0 Å². The van der Waals surface area contributed by atoms with Crippen molar-refractivity contribution in [3.63, 3.8) is 0 Å². The standard InChI is InChI=1S/C22H33N3O4/c1-23-22(24-10-7-17-5-6-20-21(14-17)29-16-28-20)25-11-8-18(9-12-25)27-15-19-4-2-3-13-26-19/h5-6,14,18-19H,2-4,7-13,15-16H2,1H3,(H,23,24). The predicted molar refractivity (Wildman–Crippen MR) is 112 cm³/mol. The molecule has 1 unspecified atom stereocenters. The molecular weight excluding hydrogens is 370 g/mol. The molecule has 0 amide bonds. The highest BCUT2D eigenvalue weighted by molar-refractivity contribution is 5.80. The zero-order chi connectivity index (χ0) is 19.9. The van der Waals surface area contributed by atoms with Gasteiger partial charge in [0.25, 0.3) is 0 Å². The van der Waals surface area contributed by atoms with E-state index in [0.29, 0.717) is 19.0 Å².